The summed E-state index contributed by atoms with van der Waals surface area (Å²) in [6.07, 6.45) is 0. The van der Waals surface area contributed by atoms with Crippen LogP contribution in [-0.4, -0.2) is 4.98 Å². The van der Waals surface area contributed by atoms with Gasteiger partial charge in [-0.05, 0) is 23.3 Å². The number of benzene rings is 4. The van der Waals surface area contributed by atoms with Crippen molar-refractivity contribution in [2.75, 3.05) is 0 Å². The molecule has 0 fully saturated rings. The Kier molecular flexibility index (Phi) is 2.48. The van der Waals surface area contributed by atoms with Crippen LogP contribution in [0.2, 0.25) is 0 Å². The summed E-state index contributed by atoms with van der Waals surface area (Å²) in [5.74, 6) is 0. The van der Waals surface area contributed by atoms with Crippen LogP contribution < -0.4 is 0 Å². The summed E-state index contributed by atoms with van der Waals surface area (Å²) >= 11 is 0. The Morgan fingerprint density at radius 2 is 1.00 bits per heavy atom. The SMILES string of the molecule is Cc1c2ccc3ccccc3c2nc2c1ccc1ccccc12. The molecule has 1 heterocycles. The van der Waals surface area contributed by atoms with Crippen LogP contribution in [0.5, 0.6) is 0 Å². The molecule has 108 valence electrons. The van der Waals surface area contributed by atoms with Crippen molar-refractivity contribution in [2.24, 2.45) is 0 Å². The van der Waals surface area contributed by atoms with Crippen molar-refractivity contribution in [1.82, 2.24) is 4.98 Å². The molecule has 0 saturated carbocycles. The first-order chi connectivity index (χ1) is 11.3. The Bertz CT molecular complexity index is 1120. The molecule has 4 aromatic carbocycles. The Morgan fingerprint density at radius 3 is 1.52 bits per heavy atom. The zero-order valence-electron chi connectivity index (χ0n) is 12.9. The maximum Gasteiger partial charge on any atom is 0.0790 e. The molecule has 5 rings (SSSR count). The summed E-state index contributed by atoms with van der Waals surface area (Å²) in [4.78, 5) is 5.09. The van der Waals surface area contributed by atoms with Gasteiger partial charge in [0.2, 0.25) is 0 Å². The average molecular weight is 293 g/mol. The molecule has 0 saturated heterocycles. The second-order valence-corrected chi connectivity index (χ2v) is 6.10. The van der Waals surface area contributed by atoms with E-state index >= 15 is 0 Å². The molecule has 0 aliphatic rings. The second kappa shape index (κ2) is 4.53. The molecule has 0 bridgehead atoms. The van der Waals surface area contributed by atoms with E-state index in [1.807, 2.05) is 0 Å². The molecule has 1 heteroatoms. The van der Waals surface area contributed by atoms with Crippen LogP contribution >= 0.6 is 0 Å². The zero-order chi connectivity index (χ0) is 15.4. The number of fused-ring (bicyclic) bond motifs is 6. The molecule has 0 amide bonds. The summed E-state index contributed by atoms with van der Waals surface area (Å²) in [6.45, 7) is 2.20. The minimum atomic E-state index is 1.10. The van der Waals surface area contributed by atoms with Crippen LogP contribution in [0.25, 0.3) is 43.4 Å². The highest BCUT2D eigenvalue weighted by Gasteiger charge is 2.10. The number of hydrogen-bond acceptors (Lipinski definition) is 1. The summed E-state index contributed by atoms with van der Waals surface area (Å²) in [6, 6.07) is 25.8. The fraction of sp³-hybridized carbons (Fsp3) is 0.0455. The van der Waals surface area contributed by atoms with Crippen molar-refractivity contribution < 1.29 is 0 Å². The molecular weight excluding hydrogens is 278 g/mol. The first-order valence-electron chi connectivity index (χ1n) is 7.92. The van der Waals surface area contributed by atoms with Crippen LogP contribution in [-0.2, 0) is 0 Å². The van der Waals surface area contributed by atoms with E-state index in [1.165, 1.54) is 37.9 Å². The highest BCUT2D eigenvalue weighted by atomic mass is 14.7. The Morgan fingerprint density at radius 1 is 0.522 bits per heavy atom. The Labute approximate surface area is 134 Å². The number of aromatic nitrogens is 1. The molecule has 0 aliphatic heterocycles. The standard InChI is InChI=1S/C22H15N/c1-14-17-12-10-15-6-2-4-8-19(15)21(17)23-22-18(14)13-11-16-7-3-5-9-20(16)22/h2-13H,1H3. The minimum absolute atomic E-state index is 1.10. The Hall–Kier alpha value is -2.93. The van der Waals surface area contributed by atoms with Gasteiger partial charge in [0.1, 0.15) is 0 Å². The molecule has 5 aromatic rings. The van der Waals surface area contributed by atoms with Crippen LogP contribution in [0.1, 0.15) is 5.56 Å². The third-order valence-electron chi connectivity index (χ3n) is 4.83. The van der Waals surface area contributed by atoms with Gasteiger partial charge >= 0.3 is 0 Å². The lowest BCUT2D eigenvalue weighted by Gasteiger charge is -2.11. The highest BCUT2D eigenvalue weighted by Crippen LogP contribution is 2.33. The van der Waals surface area contributed by atoms with E-state index in [1.54, 1.807) is 0 Å². The van der Waals surface area contributed by atoms with Gasteiger partial charge in [-0.25, -0.2) is 4.98 Å². The average Bonchev–Trinajstić information content (AvgIpc) is 2.61. The summed E-state index contributed by atoms with van der Waals surface area (Å²) in [5, 5.41) is 7.42. The predicted octanol–water partition coefficient (Wildman–Crippen LogP) is 6.00. The van der Waals surface area contributed by atoms with Gasteiger partial charge < -0.3 is 0 Å². The zero-order valence-corrected chi connectivity index (χ0v) is 12.9. The minimum Gasteiger partial charge on any atom is -0.246 e. The van der Waals surface area contributed by atoms with E-state index in [0.717, 1.165) is 11.0 Å². The van der Waals surface area contributed by atoms with Gasteiger partial charge in [0.05, 0.1) is 11.0 Å². The van der Waals surface area contributed by atoms with Crippen LogP contribution in [0, 0.1) is 6.92 Å². The van der Waals surface area contributed by atoms with E-state index in [2.05, 4.69) is 79.7 Å². The smallest absolute Gasteiger partial charge is 0.0790 e. The molecule has 0 atom stereocenters. The maximum absolute atomic E-state index is 5.09. The fourth-order valence-electron chi connectivity index (χ4n) is 3.61. The molecule has 0 spiro atoms. The van der Waals surface area contributed by atoms with Gasteiger partial charge in [-0.2, -0.15) is 0 Å². The predicted molar refractivity (Wildman–Crippen MR) is 99.0 cm³/mol. The monoisotopic (exact) mass is 293 g/mol. The van der Waals surface area contributed by atoms with Crippen molar-refractivity contribution in [2.45, 2.75) is 6.92 Å². The molecule has 1 aromatic heterocycles. The van der Waals surface area contributed by atoms with E-state index in [-0.39, 0.29) is 0 Å². The number of rotatable bonds is 0. The van der Waals surface area contributed by atoms with Crippen LogP contribution in [0.4, 0.5) is 0 Å². The first kappa shape index (κ1) is 12.6. The maximum atomic E-state index is 5.09. The van der Waals surface area contributed by atoms with Crippen LogP contribution in [0.15, 0.2) is 72.8 Å². The molecule has 1 nitrogen and oxygen atoms in total. The van der Waals surface area contributed by atoms with Crippen molar-refractivity contribution in [3.05, 3.63) is 78.4 Å². The van der Waals surface area contributed by atoms with Gasteiger partial charge in [0.15, 0.2) is 0 Å². The molecule has 0 unspecified atom stereocenters. The topological polar surface area (TPSA) is 12.9 Å². The first-order valence-corrected chi connectivity index (χ1v) is 7.92. The Balaban J connectivity index is 2.10. The van der Waals surface area contributed by atoms with Crippen molar-refractivity contribution in [1.29, 1.82) is 0 Å². The lowest BCUT2D eigenvalue weighted by atomic mass is 9.97. The number of pyridine rings is 1. The quantitative estimate of drug-likeness (QED) is 0.252. The van der Waals surface area contributed by atoms with Gasteiger partial charge in [-0.1, -0.05) is 72.8 Å². The largest absolute Gasteiger partial charge is 0.246 e. The second-order valence-electron chi connectivity index (χ2n) is 6.10. The van der Waals surface area contributed by atoms with E-state index in [0.29, 0.717) is 0 Å². The van der Waals surface area contributed by atoms with E-state index in [9.17, 15) is 0 Å². The third-order valence-corrected chi connectivity index (χ3v) is 4.83. The van der Waals surface area contributed by atoms with Crippen molar-refractivity contribution >= 4 is 43.4 Å². The number of aryl methyl sites for hydroxylation is 1. The molecular formula is C22H15N. The summed E-state index contributed by atoms with van der Waals surface area (Å²) in [7, 11) is 0. The molecule has 0 N–H and O–H groups in total. The summed E-state index contributed by atoms with van der Waals surface area (Å²) < 4.78 is 0. The van der Waals surface area contributed by atoms with E-state index < -0.39 is 0 Å². The van der Waals surface area contributed by atoms with Crippen LogP contribution in [0.3, 0.4) is 0 Å². The molecule has 0 aliphatic carbocycles. The van der Waals surface area contributed by atoms with Gasteiger partial charge in [0.25, 0.3) is 0 Å². The number of nitrogens with zero attached hydrogens (tertiary/aromatic N) is 1. The lowest BCUT2D eigenvalue weighted by Crippen LogP contribution is -1.90. The highest BCUT2D eigenvalue weighted by molar-refractivity contribution is 6.15. The van der Waals surface area contributed by atoms with Gasteiger partial charge in [-0.3, -0.25) is 0 Å². The van der Waals surface area contributed by atoms with Gasteiger partial charge in [0, 0.05) is 21.5 Å². The van der Waals surface area contributed by atoms with Crippen molar-refractivity contribution in [3.63, 3.8) is 0 Å². The molecule has 23 heavy (non-hydrogen) atoms. The van der Waals surface area contributed by atoms with E-state index in [4.69, 9.17) is 4.98 Å². The number of hydrogen-bond donors (Lipinski definition) is 0. The summed E-state index contributed by atoms with van der Waals surface area (Å²) in [5.41, 5.74) is 3.51. The van der Waals surface area contributed by atoms with Crippen molar-refractivity contribution in [3.8, 4) is 0 Å². The lowest BCUT2D eigenvalue weighted by molar-refractivity contribution is 1.48. The van der Waals surface area contributed by atoms with Gasteiger partial charge in [-0.15, -0.1) is 0 Å². The third kappa shape index (κ3) is 1.71. The normalized spacial score (nSPS) is 11.7. The fourth-order valence-corrected chi connectivity index (χ4v) is 3.61. The molecule has 0 radical (unpaired) electrons.